The zero-order chi connectivity index (χ0) is 20.4. The number of benzene rings is 2. The number of amides is 1. The molecule has 29 heavy (non-hydrogen) atoms. The van der Waals surface area contributed by atoms with Crippen molar-refractivity contribution in [3.8, 4) is 11.5 Å². The molecule has 0 spiro atoms. The van der Waals surface area contributed by atoms with Crippen LogP contribution in [-0.2, 0) is 0 Å². The van der Waals surface area contributed by atoms with Crippen molar-refractivity contribution in [2.45, 2.75) is 37.3 Å². The van der Waals surface area contributed by atoms with E-state index in [9.17, 15) is 4.79 Å². The Morgan fingerprint density at radius 2 is 1.66 bits per heavy atom. The van der Waals surface area contributed by atoms with Crippen molar-refractivity contribution in [3.05, 3.63) is 59.7 Å². The van der Waals surface area contributed by atoms with Crippen LogP contribution in [-0.4, -0.2) is 44.2 Å². The van der Waals surface area contributed by atoms with Crippen LogP contribution in [0, 0.1) is 5.92 Å². The number of hydrogen-bond acceptors (Lipinski definition) is 4. The third-order valence-corrected chi connectivity index (χ3v) is 6.86. The molecule has 2 aromatic carbocycles. The van der Waals surface area contributed by atoms with Crippen molar-refractivity contribution < 1.29 is 14.3 Å². The summed E-state index contributed by atoms with van der Waals surface area (Å²) in [5.41, 5.74) is 1.52. The van der Waals surface area contributed by atoms with E-state index in [0.29, 0.717) is 17.1 Å². The largest absolute Gasteiger partial charge is 0.496 e. The van der Waals surface area contributed by atoms with Crippen molar-refractivity contribution in [2.24, 2.45) is 5.92 Å². The number of likely N-dealkylation sites (N-methyl/N-ethyl adjacent to an activating group) is 1. The summed E-state index contributed by atoms with van der Waals surface area (Å²) in [6.07, 6.45) is 4.64. The molecule has 2 heterocycles. The van der Waals surface area contributed by atoms with Gasteiger partial charge >= 0.3 is 0 Å². The van der Waals surface area contributed by atoms with Crippen LogP contribution in [0.25, 0.3) is 0 Å². The maximum Gasteiger partial charge on any atom is 0.259 e. The van der Waals surface area contributed by atoms with Gasteiger partial charge in [-0.15, -0.1) is 0 Å². The lowest BCUT2D eigenvalue weighted by molar-refractivity contribution is -0.0404. The van der Waals surface area contributed by atoms with Crippen LogP contribution in [0.5, 0.6) is 11.5 Å². The predicted molar refractivity (Wildman–Crippen MR) is 114 cm³/mol. The molecule has 1 atom stereocenters. The Kier molecular flexibility index (Phi) is 5.50. The topological polar surface area (TPSA) is 50.8 Å². The summed E-state index contributed by atoms with van der Waals surface area (Å²) in [6.45, 7) is 1.09. The Balaban J connectivity index is 1.73. The lowest BCUT2D eigenvalue weighted by Gasteiger charge is -2.57. The molecule has 1 N–H and O–H groups in total. The molecule has 3 fully saturated rings. The van der Waals surface area contributed by atoms with E-state index in [2.05, 4.69) is 29.4 Å². The first-order valence-electron chi connectivity index (χ1n) is 10.4. The lowest BCUT2D eigenvalue weighted by Crippen LogP contribution is -2.62. The van der Waals surface area contributed by atoms with Gasteiger partial charge in [0.15, 0.2) is 0 Å². The van der Waals surface area contributed by atoms with E-state index in [0.717, 1.165) is 30.9 Å². The number of ether oxygens (including phenoxy) is 2. The Bertz CT molecular complexity index is 837. The number of piperidine rings is 2. The molecule has 3 aliphatic rings. The van der Waals surface area contributed by atoms with E-state index >= 15 is 0 Å². The van der Waals surface area contributed by atoms with Crippen LogP contribution >= 0.6 is 0 Å². The van der Waals surface area contributed by atoms with Crippen LogP contribution < -0.4 is 14.8 Å². The van der Waals surface area contributed by atoms with Gasteiger partial charge in [-0.25, -0.2) is 0 Å². The van der Waals surface area contributed by atoms with Gasteiger partial charge in [-0.2, -0.15) is 0 Å². The van der Waals surface area contributed by atoms with Crippen LogP contribution in [0.3, 0.4) is 0 Å². The highest BCUT2D eigenvalue weighted by atomic mass is 16.5. The Hall–Kier alpha value is -2.53. The summed E-state index contributed by atoms with van der Waals surface area (Å²) < 4.78 is 10.9. The SMILES string of the molecule is COc1cccc(OC)c1C(=O)NC(c1ccccc1)C12CCC(CC1)CN2C. The highest BCUT2D eigenvalue weighted by Crippen LogP contribution is 2.49. The molecular formula is C24H30N2O3. The Morgan fingerprint density at radius 3 is 2.21 bits per heavy atom. The van der Waals surface area contributed by atoms with E-state index in [1.807, 2.05) is 24.3 Å². The number of hydrogen-bond donors (Lipinski definition) is 1. The van der Waals surface area contributed by atoms with E-state index in [1.165, 1.54) is 12.8 Å². The zero-order valence-corrected chi connectivity index (χ0v) is 17.5. The number of rotatable bonds is 6. The number of carbonyl (C=O) groups is 1. The molecule has 1 amide bonds. The fourth-order valence-corrected chi connectivity index (χ4v) is 5.27. The smallest absolute Gasteiger partial charge is 0.259 e. The monoisotopic (exact) mass is 394 g/mol. The summed E-state index contributed by atoms with van der Waals surface area (Å²) in [5.74, 6) is 1.66. The maximum atomic E-state index is 13.5. The average molecular weight is 395 g/mol. The molecule has 5 rings (SSSR count). The normalized spacial score (nSPS) is 24.7. The number of carbonyl (C=O) groups excluding carboxylic acids is 1. The fraction of sp³-hybridized carbons (Fsp3) is 0.458. The first-order valence-corrected chi connectivity index (χ1v) is 10.4. The van der Waals surface area contributed by atoms with E-state index in [1.54, 1.807) is 26.4 Å². The molecule has 2 saturated heterocycles. The van der Waals surface area contributed by atoms with Gasteiger partial charge in [0.25, 0.3) is 5.91 Å². The average Bonchev–Trinajstić information content (AvgIpc) is 2.78. The van der Waals surface area contributed by atoms with Crippen LogP contribution in [0.4, 0.5) is 0 Å². The molecule has 0 aromatic heterocycles. The van der Waals surface area contributed by atoms with Gasteiger partial charge in [0.1, 0.15) is 17.1 Å². The van der Waals surface area contributed by atoms with Gasteiger partial charge in [0, 0.05) is 12.1 Å². The summed E-state index contributed by atoms with van der Waals surface area (Å²) in [7, 11) is 5.36. The summed E-state index contributed by atoms with van der Waals surface area (Å²) in [5, 5.41) is 3.37. The van der Waals surface area contributed by atoms with Crippen molar-refractivity contribution in [2.75, 3.05) is 27.8 Å². The number of fused-ring (bicyclic) bond motifs is 3. The second-order valence-electron chi connectivity index (χ2n) is 8.28. The molecule has 154 valence electrons. The first kappa shape index (κ1) is 19.8. The highest BCUT2D eigenvalue weighted by molar-refractivity contribution is 6.00. The van der Waals surface area contributed by atoms with E-state index < -0.39 is 0 Å². The number of nitrogens with zero attached hydrogens (tertiary/aromatic N) is 1. The second kappa shape index (κ2) is 8.07. The van der Waals surface area contributed by atoms with E-state index in [-0.39, 0.29) is 17.5 Å². The van der Waals surface area contributed by atoms with Gasteiger partial charge in [-0.3, -0.25) is 9.69 Å². The Labute approximate surface area is 173 Å². The minimum Gasteiger partial charge on any atom is -0.496 e. The minimum atomic E-state index is -0.163. The van der Waals surface area contributed by atoms with Gasteiger partial charge in [-0.1, -0.05) is 36.4 Å². The van der Waals surface area contributed by atoms with E-state index in [4.69, 9.17) is 9.47 Å². The Morgan fingerprint density at radius 1 is 1.03 bits per heavy atom. The molecule has 2 aromatic rings. The first-order chi connectivity index (χ1) is 14.1. The molecule has 5 heteroatoms. The van der Waals surface area contributed by atoms with Crippen LogP contribution in [0.2, 0.25) is 0 Å². The molecule has 1 unspecified atom stereocenters. The second-order valence-corrected chi connectivity index (χ2v) is 8.28. The van der Waals surface area contributed by atoms with Crippen LogP contribution in [0.1, 0.15) is 47.6 Å². The molecule has 0 radical (unpaired) electrons. The highest BCUT2D eigenvalue weighted by Gasteiger charge is 2.50. The van der Waals surface area contributed by atoms with Crippen molar-refractivity contribution in [3.63, 3.8) is 0 Å². The van der Waals surface area contributed by atoms with Gasteiger partial charge in [0.05, 0.1) is 20.3 Å². The molecule has 1 saturated carbocycles. The molecule has 2 bridgehead atoms. The van der Waals surface area contributed by atoms with Gasteiger partial charge in [0.2, 0.25) is 0 Å². The third kappa shape index (κ3) is 3.48. The van der Waals surface area contributed by atoms with Crippen molar-refractivity contribution >= 4 is 5.91 Å². The van der Waals surface area contributed by atoms with Crippen molar-refractivity contribution in [1.82, 2.24) is 10.2 Å². The van der Waals surface area contributed by atoms with Crippen LogP contribution in [0.15, 0.2) is 48.5 Å². The van der Waals surface area contributed by atoms with Gasteiger partial charge < -0.3 is 14.8 Å². The molecule has 2 aliphatic heterocycles. The number of methoxy groups -OCH3 is 2. The molecular weight excluding hydrogens is 364 g/mol. The summed E-state index contributed by atoms with van der Waals surface area (Å²) >= 11 is 0. The third-order valence-electron chi connectivity index (χ3n) is 6.86. The summed E-state index contributed by atoms with van der Waals surface area (Å²) in [6, 6.07) is 15.7. The number of nitrogens with one attached hydrogen (secondary N) is 1. The van der Waals surface area contributed by atoms with Crippen molar-refractivity contribution in [1.29, 1.82) is 0 Å². The minimum absolute atomic E-state index is 0.0684. The van der Waals surface area contributed by atoms with Gasteiger partial charge in [-0.05, 0) is 56.3 Å². The summed E-state index contributed by atoms with van der Waals surface area (Å²) in [4.78, 5) is 16.0. The quantitative estimate of drug-likeness (QED) is 0.803. The molecule has 1 aliphatic carbocycles. The molecule has 5 nitrogen and oxygen atoms in total. The maximum absolute atomic E-state index is 13.5. The lowest BCUT2D eigenvalue weighted by atomic mass is 9.66. The fourth-order valence-electron chi connectivity index (χ4n) is 5.27. The standard InChI is InChI=1S/C24H30N2O3/c1-26-16-17-12-14-24(26,15-13-17)22(18-8-5-4-6-9-18)25-23(27)21-19(28-2)10-7-11-20(21)29-3/h4-11,17,22H,12-16H2,1-3H3,(H,25,27). The predicted octanol–water partition coefficient (Wildman–Crippen LogP) is 4.05. The zero-order valence-electron chi connectivity index (χ0n) is 17.5.